The molecule has 0 saturated carbocycles. The summed E-state index contributed by atoms with van der Waals surface area (Å²) < 4.78 is 32.9. The summed E-state index contributed by atoms with van der Waals surface area (Å²) in [5.41, 5.74) is 5.36. The minimum Gasteiger partial charge on any atom is -0.462 e. The summed E-state index contributed by atoms with van der Waals surface area (Å²) in [4.78, 5) is 35.0. The lowest BCUT2D eigenvalue weighted by molar-refractivity contribution is -0.161. The fourth-order valence-corrected chi connectivity index (χ4v) is 7.65. The van der Waals surface area contributed by atoms with Crippen LogP contribution in [-0.4, -0.2) is 49.3 Å². The van der Waals surface area contributed by atoms with Crippen LogP contribution >= 0.6 is 7.82 Å². The highest BCUT2D eigenvalue weighted by Gasteiger charge is 2.26. The van der Waals surface area contributed by atoms with Gasteiger partial charge in [-0.05, 0) is 77.0 Å². The Kier molecular flexibility index (Phi) is 48.9. The standard InChI is InChI=1S/C56H96NO8P/c1-3-5-7-9-11-13-15-17-18-19-20-21-22-23-24-25-26-27-28-29-30-31-32-33-34-35-36-37-39-41-43-45-47-49-56(59)65-54(53-64-66(60,61)63-51-50-57)52-62-55(58)48-46-44-42-40-38-16-14-12-10-8-6-4-2/h5,7,11,13,17-18,20-21,23-24,26-27,29-30,32-33,54H,3-4,6,8-10,12,14-16,19,22,25,28,31,34-53,57H2,1-2H3,(H,60,61)/b7-5-,13-11-,18-17-,21-20-,24-23-,27-26-,30-29-,33-32-. The molecule has 0 rings (SSSR count). The predicted molar refractivity (Wildman–Crippen MR) is 279 cm³/mol. The number of rotatable bonds is 48. The highest BCUT2D eigenvalue weighted by atomic mass is 31.2. The lowest BCUT2D eigenvalue weighted by Gasteiger charge is -2.19. The molecule has 0 spiro atoms. The number of hydrogen-bond acceptors (Lipinski definition) is 8. The van der Waals surface area contributed by atoms with Gasteiger partial charge in [-0.25, -0.2) is 4.57 Å². The van der Waals surface area contributed by atoms with E-state index < -0.39 is 26.5 Å². The molecule has 0 bridgehead atoms. The summed E-state index contributed by atoms with van der Waals surface area (Å²) >= 11 is 0. The Morgan fingerprint density at radius 3 is 1.24 bits per heavy atom. The second kappa shape index (κ2) is 51.3. The van der Waals surface area contributed by atoms with Crippen LogP contribution in [0, 0.1) is 0 Å². The van der Waals surface area contributed by atoms with Crippen LogP contribution < -0.4 is 5.73 Å². The van der Waals surface area contributed by atoms with Crippen LogP contribution in [0.15, 0.2) is 97.2 Å². The average molecular weight is 942 g/mol. The average Bonchev–Trinajstić information content (AvgIpc) is 3.31. The van der Waals surface area contributed by atoms with Crippen LogP contribution in [0.1, 0.15) is 213 Å². The van der Waals surface area contributed by atoms with Crippen molar-refractivity contribution < 1.29 is 37.6 Å². The van der Waals surface area contributed by atoms with Crippen molar-refractivity contribution in [3.63, 3.8) is 0 Å². The van der Waals surface area contributed by atoms with Crippen molar-refractivity contribution in [3.05, 3.63) is 97.2 Å². The van der Waals surface area contributed by atoms with Gasteiger partial charge in [-0.2, -0.15) is 0 Å². The summed E-state index contributed by atoms with van der Waals surface area (Å²) in [7, 11) is -4.39. The van der Waals surface area contributed by atoms with E-state index in [1.54, 1.807) is 0 Å². The molecular formula is C56H96NO8P. The molecule has 0 aliphatic heterocycles. The first-order valence-electron chi connectivity index (χ1n) is 26.2. The SMILES string of the molecule is CC/C=C\C/C=C\C/C=C\C/C=C\C/C=C\C/C=C\C/C=C\C/C=C\CCCCCCCCCCC(=O)OC(COC(=O)CCCCCCCCCCCCCC)COP(=O)(O)OCCN. The van der Waals surface area contributed by atoms with Crippen molar-refractivity contribution in [1.82, 2.24) is 0 Å². The van der Waals surface area contributed by atoms with Gasteiger partial charge in [0.15, 0.2) is 6.10 Å². The Morgan fingerprint density at radius 1 is 0.470 bits per heavy atom. The number of hydrogen-bond donors (Lipinski definition) is 2. The number of nitrogens with two attached hydrogens (primary N) is 1. The molecule has 0 amide bonds. The summed E-state index contributed by atoms with van der Waals surface area (Å²) in [6.45, 7) is 3.60. The topological polar surface area (TPSA) is 134 Å². The van der Waals surface area contributed by atoms with Crippen LogP contribution in [0.4, 0.5) is 0 Å². The first kappa shape index (κ1) is 62.9. The third-order valence-electron chi connectivity index (χ3n) is 10.7. The van der Waals surface area contributed by atoms with Gasteiger partial charge in [-0.15, -0.1) is 0 Å². The van der Waals surface area contributed by atoms with Crippen molar-refractivity contribution in [2.24, 2.45) is 5.73 Å². The van der Waals surface area contributed by atoms with Gasteiger partial charge >= 0.3 is 19.8 Å². The van der Waals surface area contributed by atoms with E-state index in [0.717, 1.165) is 96.3 Å². The second-order valence-electron chi connectivity index (χ2n) is 17.0. The summed E-state index contributed by atoms with van der Waals surface area (Å²) in [5.74, 6) is -0.840. The van der Waals surface area contributed by atoms with E-state index in [1.165, 1.54) is 83.5 Å². The number of ether oxygens (including phenoxy) is 2. The lowest BCUT2D eigenvalue weighted by atomic mass is 10.0. The summed E-state index contributed by atoms with van der Waals surface area (Å²) in [6, 6.07) is 0. The van der Waals surface area contributed by atoms with E-state index >= 15 is 0 Å². The van der Waals surface area contributed by atoms with Gasteiger partial charge in [-0.3, -0.25) is 18.6 Å². The number of unbranched alkanes of at least 4 members (excludes halogenated alkanes) is 19. The Balaban J connectivity index is 4.02. The van der Waals surface area contributed by atoms with E-state index in [0.29, 0.717) is 6.42 Å². The molecule has 0 aliphatic carbocycles. The molecule has 2 unspecified atom stereocenters. The fraction of sp³-hybridized carbons (Fsp3) is 0.679. The highest BCUT2D eigenvalue weighted by molar-refractivity contribution is 7.47. The highest BCUT2D eigenvalue weighted by Crippen LogP contribution is 2.43. The molecule has 0 aromatic heterocycles. The second-order valence-corrected chi connectivity index (χ2v) is 18.5. The van der Waals surface area contributed by atoms with Crippen molar-refractivity contribution in [2.45, 2.75) is 219 Å². The first-order valence-corrected chi connectivity index (χ1v) is 27.7. The van der Waals surface area contributed by atoms with Gasteiger partial charge in [0.1, 0.15) is 6.61 Å². The fourth-order valence-electron chi connectivity index (χ4n) is 6.89. The minimum absolute atomic E-state index is 0.0486. The van der Waals surface area contributed by atoms with Gasteiger partial charge in [-0.1, -0.05) is 220 Å². The summed E-state index contributed by atoms with van der Waals surface area (Å²) in [5, 5.41) is 0. The maximum atomic E-state index is 12.6. The molecule has 66 heavy (non-hydrogen) atoms. The molecular weight excluding hydrogens is 846 g/mol. The third-order valence-corrected chi connectivity index (χ3v) is 11.7. The van der Waals surface area contributed by atoms with Gasteiger partial charge < -0.3 is 20.1 Å². The summed E-state index contributed by atoms with van der Waals surface area (Å²) in [6.07, 6.45) is 67.4. The zero-order chi connectivity index (χ0) is 48.1. The molecule has 10 heteroatoms. The third kappa shape index (κ3) is 50.3. The van der Waals surface area contributed by atoms with Crippen molar-refractivity contribution in [3.8, 4) is 0 Å². The van der Waals surface area contributed by atoms with Gasteiger partial charge in [0.25, 0.3) is 0 Å². The van der Waals surface area contributed by atoms with E-state index in [-0.39, 0.29) is 38.6 Å². The normalized spacial score (nSPS) is 13.9. The zero-order valence-electron chi connectivity index (χ0n) is 41.9. The Morgan fingerprint density at radius 2 is 0.833 bits per heavy atom. The van der Waals surface area contributed by atoms with E-state index in [1.807, 2.05) is 0 Å². The predicted octanol–water partition coefficient (Wildman–Crippen LogP) is 16.1. The van der Waals surface area contributed by atoms with Crippen LogP contribution in [0.2, 0.25) is 0 Å². The molecule has 0 radical (unpaired) electrons. The zero-order valence-corrected chi connectivity index (χ0v) is 42.8. The maximum absolute atomic E-state index is 12.6. The van der Waals surface area contributed by atoms with Crippen LogP contribution in [-0.2, 0) is 32.7 Å². The van der Waals surface area contributed by atoms with E-state index in [2.05, 4.69) is 111 Å². The van der Waals surface area contributed by atoms with Gasteiger partial charge in [0, 0.05) is 19.4 Å². The largest absolute Gasteiger partial charge is 0.472 e. The molecule has 2 atom stereocenters. The number of phosphoric acid groups is 1. The lowest BCUT2D eigenvalue weighted by Crippen LogP contribution is -2.29. The molecule has 9 nitrogen and oxygen atoms in total. The number of allylic oxidation sites excluding steroid dienone is 16. The number of carbonyl (C=O) groups excluding carboxylic acids is 2. The van der Waals surface area contributed by atoms with Crippen LogP contribution in [0.25, 0.3) is 0 Å². The van der Waals surface area contributed by atoms with Gasteiger partial charge in [0.2, 0.25) is 0 Å². The first-order chi connectivity index (χ1) is 32.3. The molecule has 378 valence electrons. The molecule has 0 saturated heterocycles. The maximum Gasteiger partial charge on any atom is 0.472 e. The smallest absolute Gasteiger partial charge is 0.462 e. The van der Waals surface area contributed by atoms with Crippen molar-refractivity contribution in [1.29, 1.82) is 0 Å². The molecule has 0 heterocycles. The Hall–Kier alpha value is -3.07. The number of phosphoric ester groups is 1. The van der Waals surface area contributed by atoms with Gasteiger partial charge in [0.05, 0.1) is 13.2 Å². The quantitative estimate of drug-likeness (QED) is 0.0265. The number of carbonyl (C=O) groups is 2. The molecule has 0 fully saturated rings. The van der Waals surface area contributed by atoms with Crippen molar-refractivity contribution >= 4 is 19.8 Å². The molecule has 0 aromatic carbocycles. The molecule has 0 aliphatic rings. The Bertz CT molecular complexity index is 1400. The van der Waals surface area contributed by atoms with Crippen LogP contribution in [0.5, 0.6) is 0 Å². The Labute approximate surface area is 404 Å². The van der Waals surface area contributed by atoms with Crippen LogP contribution in [0.3, 0.4) is 0 Å². The van der Waals surface area contributed by atoms with E-state index in [4.69, 9.17) is 24.3 Å². The minimum atomic E-state index is -4.39. The number of esters is 2. The molecule has 0 aromatic rings. The monoisotopic (exact) mass is 942 g/mol. The molecule has 3 N–H and O–H groups in total. The van der Waals surface area contributed by atoms with E-state index in [9.17, 15) is 19.0 Å². The van der Waals surface area contributed by atoms with Crippen molar-refractivity contribution in [2.75, 3.05) is 26.4 Å².